The molecule has 3 aromatic heterocycles. The molecule has 0 bridgehead atoms. The highest BCUT2D eigenvalue weighted by molar-refractivity contribution is 5.83. The Bertz CT molecular complexity index is 1320. The van der Waals surface area contributed by atoms with Crippen LogP contribution >= 0.6 is 0 Å². The van der Waals surface area contributed by atoms with E-state index in [0.717, 1.165) is 65.8 Å². The van der Waals surface area contributed by atoms with Crippen molar-refractivity contribution in [1.29, 1.82) is 0 Å². The van der Waals surface area contributed by atoms with Gasteiger partial charge in [0.15, 0.2) is 0 Å². The molecule has 0 amide bonds. The molecule has 4 heterocycles. The van der Waals surface area contributed by atoms with Gasteiger partial charge in [-0.1, -0.05) is 18.2 Å². The third-order valence-corrected chi connectivity index (χ3v) is 6.35. The molecule has 0 saturated heterocycles. The van der Waals surface area contributed by atoms with Crippen molar-refractivity contribution in [3.63, 3.8) is 0 Å². The summed E-state index contributed by atoms with van der Waals surface area (Å²) in [7, 11) is 1.55. The lowest BCUT2D eigenvalue weighted by Gasteiger charge is -2.18. The standard InChI is InChI=1S/C26H27N5O3/c1-34-24-12-9-19(15-28-24)23(14-25(32)33)31-22-6-2-4-17(21(22)16-29-31)7-10-20-11-8-18-5-3-13-27-26(18)30-20/h2,4,6,8-9,11-12,15-16,23H,3,5,7,10,13-14H2,1H3,(H,27,30)(H,32,33). The van der Waals surface area contributed by atoms with Crippen LogP contribution in [0.25, 0.3) is 10.9 Å². The third-order valence-electron chi connectivity index (χ3n) is 6.35. The molecule has 0 radical (unpaired) electrons. The van der Waals surface area contributed by atoms with Gasteiger partial charge in [0.05, 0.1) is 31.3 Å². The Hall–Kier alpha value is -3.94. The molecule has 0 fully saturated rings. The summed E-state index contributed by atoms with van der Waals surface area (Å²) >= 11 is 0. The van der Waals surface area contributed by atoms with Crippen LogP contribution in [0.5, 0.6) is 5.88 Å². The average molecular weight is 458 g/mol. The first kappa shape index (κ1) is 21.9. The van der Waals surface area contributed by atoms with Gasteiger partial charge < -0.3 is 15.2 Å². The molecule has 34 heavy (non-hydrogen) atoms. The number of carboxylic acids is 1. The molecule has 0 aliphatic carbocycles. The number of hydrogen-bond acceptors (Lipinski definition) is 6. The van der Waals surface area contributed by atoms with E-state index < -0.39 is 12.0 Å². The van der Waals surface area contributed by atoms with Crippen LogP contribution in [-0.4, -0.2) is 44.5 Å². The summed E-state index contributed by atoms with van der Waals surface area (Å²) in [5.74, 6) is 0.600. The molecule has 1 aromatic carbocycles. The van der Waals surface area contributed by atoms with Crippen LogP contribution in [0.15, 0.2) is 54.9 Å². The van der Waals surface area contributed by atoms with Crippen LogP contribution < -0.4 is 10.1 Å². The van der Waals surface area contributed by atoms with E-state index in [1.54, 1.807) is 24.1 Å². The van der Waals surface area contributed by atoms with E-state index in [1.165, 1.54) is 5.56 Å². The largest absolute Gasteiger partial charge is 0.481 e. The fourth-order valence-electron chi connectivity index (χ4n) is 4.59. The molecule has 2 N–H and O–H groups in total. The molecule has 1 aliphatic heterocycles. The minimum Gasteiger partial charge on any atom is -0.481 e. The predicted octanol–water partition coefficient (Wildman–Crippen LogP) is 4.04. The highest BCUT2D eigenvalue weighted by Gasteiger charge is 2.22. The first-order valence-electron chi connectivity index (χ1n) is 11.5. The van der Waals surface area contributed by atoms with Crippen LogP contribution in [0.2, 0.25) is 0 Å². The number of carboxylic acid groups (broad SMARTS) is 1. The van der Waals surface area contributed by atoms with E-state index in [9.17, 15) is 9.90 Å². The van der Waals surface area contributed by atoms with E-state index in [0.29, 0.717) is 5.88 Å². The van der Waals surface area contributed by atoms with Crippen molar-refractivity contribution in [2.45, 2.75) is 38.1 Å². The molecular weight excluding hydrogens is 430 g/mol. The van der Waals surface area contributed by atoms with E-state index in [-0.39, 0.29) is 6.42 Å². The number of benzene rings is 1. The third kappa shape index (κ3) is 4.44. The van der Waals surface area contributed by atoms with Gasteiger partial charge in [0, 0.05) is 29.9 Å². The maximum atomic E-state index is 11.7. The number of nitrogens with one attached hydrogen (secondary N) is 1. The molecular formula is C26H27N5O3. The number of fused-ring (bicyclic) bond motifs is 2. The van der Waals surface area contributed by atoms with Gasteiger partial charge in [-0.05, 0) is 60.6 Å². The van der Waals surface area contributed by atoms with Crippen molar-refractivity contribution in [2.24, 2.45) is 0 Å². The summed E-state index contributed by atoms with van der Waals surface area (Å²) in [6, 6.07) is 13.5. The number of pyridine rings is 2. The summed E-state index contributed by atoms with van der Waals surface area (Å²) in [6.45, 7) is 0.975. The minimum atomic E-state index is -0.896. The summed E-state index contributed by atoms with van der Waals surface area (Å²) in [5, 5.41) is 18.6. The molecule has 1 unspecified atom stereocenters. The van der Waals surface area contributed by atoms with Gasteiger partial charge in [-0.25, -0.2) is 9.97 Å². The Balaban J connectivity index is 1.43. The molecule has 4 aromatic rings. The number of aromatic nitrogens is 4. The lowest BCUT2D eigenvalue weighted by molar-refractivity contribution is -0.137. The van der Waals surface area contributed by atoms with E-state index >= 15 is 0 Å². The zero-order valence-corrected chi connectivity index (χ0v) is 19.1. The van der Waals surface area contributed by atoms with Gasteiger partial charge in [-0.15, -0.1) is 0 Å². The highest BCUT2D eigenvalue weighted by atomic mass is 16.5. The minimum absolute atomic E-state index is 0.0962. The molecule has 174 valence electrons. The van der Waals surface area contributed by atoms with Crippen molar-refractivity contribution >= 4 is 22.7 Å². The number of aliphatic carboxylic acids is 1. The number of anilines is 1. The molecule has 0 saturated carbocycles. The van der Waals surface area contributed by atoms with Crippen LogP contribution in [0.3, 0.4) is 0 Å². The number of methoxy groups -OCH3 is 1. The van der Waals surface area contributed by atoms with Gasteiger partial charge in [-0.3, -0.25) is 9.48 Å². The predicted molar refractivity (Wildman–Crippen MR) is 129 cm³/mol. The lowest BCUT2D eigenvalue weighted by atomic mass is 10.0. The van der Waals surface area contributed by atoms with Crippen molar-refractivity contribution in [3.05, 3.63) is 77.2 Å². The van der Waals surface area contributed by atoms with Crippen molar-refractivity contribution in [2.75, 3.05) is 19.0 Å². The van der Waals surface area contributed by atoms with Crippen LogP contribution in [-0.2, 0) is 24.1 Å². The number of ether oxygens (including phenoxy) is 1. The highest BCUT2D eigenvalue weighted by Crippen LogP contribution is 2.29. The molecule has 8 heteroatoms. The molecule has 1 atom stereocenters. The quantitative estimate of drug-likeness (QED) is 0.412. The molecule has 5 rings (SSSR count). The first-order valence-corrected chi connectivity index (χ1v) is 11.5. The smallest absolute Gasteiger partial charge is 0.305 e. The van der Waals surface area contributed by atoms with Gasteiger partial charge in [0.25, 0.3) is 0 Å². The normalized spacial score (nSPS) is 13.8. The van der Waals surface area contributed by atoms with Gasteiger partial charge in [-0.2, -0.15) is 5.10 Å². The number of carbonyl (C=O) groups is 1. The van der Waals surface area contributed by atoms with Crippen molar-refractivity contribution < 1.29 is 14.6 Å². The van der Waals surface area contributed by atoms with E-state index in [4.69, 9.17) is 9.72 Å². The summed E-state index contributed by atoms with van der Waals surface area (Å²) in [5.41, 5.74) is 5.18. The SMILES string of the molecule is COc1ccc(C(CC(=O)O)n2ncc3c(CCc4ccc5c(n4)NCCC5)cccc32)cn1. The van der Waals surface area contributed by atoms with Crippen molar-refractivity contribution in [3.8, 4) is 5.88 Å². The second-order valence-electron chi connectivity index (χ2n) is 8.53. The number of aryl methyl sites for hydroxylation is 3. The summed E-state index contributed by atoms with van der Waals surface area (Å²) < 4.78 is 6.93. The van der Waals surface area contributed by atoms with Crippen molar-refractivity contribution in [1.82, 2.24) is 19.7 Å². The van der Waals surface area contributed by atoms with Crippen LogP contribution in [0.1, 0.15) is 41.3 Å². The first-order chi connectivity index (χ1) is 16.6. The van der Waals surface area contributed by atoms with E-state index in [2.05, 4.69) is 33.6 Å². The Morgan fingerprint density at radius 1 is 1.18 bits per heavy atom. The zero-order valence-electron chi connectivity index (χ0n) is 19.1. The van der Waals surface area contributed by atoms with Gasteiger partial charge in [0.1, 0.15) is 5.82 Å². The number of hydrogen-bond donors (Lipinski definition) is 2. The Kier molecular flexibility index (Phi) is 6.12. The summed E-state index contributed by atoms with van der Waals surface area (Å²) in [6.07, 6.45) is 7.26. The van der Waals surface area contributed by atoms with Gasteiger partial charge in [0.2, 0.25) is 5.88 Å². The second kappa shape index (κ2) is 9.51. The molecule has 8 nitrogen and oxygen atoms in total. The Morgan fingerprint density at radius 2 is 2.09 bits per heavy atom. The average Bonchev–Trinajstić information content (AvgIpc) is 3.30. The second-order valence-corrected chi connectivity index (χ2v) is 8.53. The molecule has 0 spiro atoms. The Labute approximate surface area is 197 Å². The van der Waals surface area contributed by atoms with E-state index in [1.807, 2.05) is 24.4 Å². The van der Waals surface area contributed by atoms with Gasteiger partial charge >= 0.3 is 5.97 Å². The monoisotopic (exact) mass is 457 g/mol. The Morgan fingerprint density at radius 3 is 2.88 bits per heavy atom. The molecule has 1 aliphatic rings. The fraction of sp³-hybridized carbons (Fsp3) is 0.308. The maximum Gasteiger partial charge on any atom is 0.305 e. The fourth-order valence-corrected chi connectivity index (χ4v) is 4.59. The zero-order chi connectivity index (χ0) is 23.5. The maximum absolute atomic E-state index is 11.7. The topological polar surface area (TPSA) is 102 Å². The van der Waals surface area contributed by atoms with Crippen LogP contribution in [0.4, 0.5) is 5.82 Å². The lowest BCUT2D eigenvalue weighted by Crippen LogP contribution is -2.16. The number of rotatable bonds is 8. The number of nitrogens with zero attached hydrogens (tertiary/aromatic N) is 4. The van der Waals surface area contributed by atoms with Crippen LogP contribution in [0, 0.1) is 0 Å². The summed E-state index contributed by atoms with van der Waals surface area (Å²) in [4.78, 5) is 20.7.